The number of aryl methyl sites for hydroxylation is 1. The molecule has 0 aliphatic carbocycles. The number of methoxy groups -OCH3 is 1. The number of rotatable bonds is 2. The summed E-state index contributed by atoms with van der Waals surface area (Å²) in [6.45, 7) is 1.70. The zero-order chi connectivity index (χ0) is 13.3. The third-order valence-electron chi connectivity index (χ3n) is 2.03. The largest absolute Gasteiger partial charge is 0.481 e. The molecule has 0 aliphatic heterocycles. The fraction of sp³-hybridized carbons (Fsp3) is 0.300. The molecular weight excluding hydrogens is 267 g/mol. The summed E-state index contributed by atoms with van der Waals surface area (Å²) in [4.78, 5) is 11.5. The van der Waals surface area contributed by atoms with Crippen LogP contribution in [0.4, 0.5) is 13.2 Å². The molecule has 0 bridgehead atoms. The van der Waals surface area contributed by atoms with Crippen molar-refractivity contribution < 1.29 is 17.9 Å². The predicted molar refractivity (Wildman–Crippen MR) is 59.4 cm³/mol. The van der Waals surface area contributed by atoms with E-state index in [2.05, 4.69) is 15.0 Å². The highest BCUT2D eigenvalue weighted by atomic mass is 32.1. The van der Waals surface area contributed by atoms with Crippen LogP contribution in [0.25, 0.3) is 10.8 Å². The molecule has 0 N–H and O–H groups in total. The van der Waals surface area contributed by atoms with E-state index < -0.39 is 11.9 Å². The third-order valence-corrected chi connectivity index (χ3v) is 2.86. The molecule has 0 unspecified atom stereocenters. The fourth-order valence-corrected chi connectivity index (χ4v) is 2.00. The van der Waals surface area contributed by atoms with E-state index in [0.29, 0.717) is 11.6 Å². The summed E-state index contributed by atoms with van der Waals surface area (Å²) in [7, 11) is 1.43. The van der Waals surface area contributed by atoms with Gasteiger partial charge < -0.3 is 4.74 Å². The van der Waals surface area contributed by atoms with Crippen LogP contribution in [0.1, 0.15) is 11.4 Å². The summed E-state index contributed by atoms with van der Waals surface area (Å²) in [5.74, 6) is 0.425. The minimum atomic E-state index is -4.46. The second-order valence-corrected chi connectivity index (χ2v) is 4.27. The van der Waals surface area contributed by atoms with E-state index in [1.54, 1.807) is 13.0 Å². The quantitative estimate of drug-likeness (QED) is 0.845. The first-order valence-corrected chi connectivity index (χ1v) is 5.71. The first-order valence-electron chi connectivity index (χ1n) is 4.83. The highest BCUT2D eigenvalue weighted by Crippen LogP contribution is 2.32. The highest BCUT2D eigenvalue weighted by Gasteiger charge is 2.34. The van der Waals surface area contributed by atoms with Crippen LogP contribution in [0.5, 0.6) is 5.88 Å². The molecule has 18 heavy (non-hydrogen) atoms. The molecule has 0 radical (unpaired) electrons. The number of thiazole rings is 1. The number of halogens is 3. The molecule has 0 saturated heterocycles. The normalized spacial score (nSPS) is 11.6. The van der Waals surface area contributed by atoms with E-state index in [4.69, 9.17) is 4.74 Å². The molecule has 0 fully saturated rings. The van der Waals surface area contributed by atoms with Crippen molar-refractivity contribution in [3.8, 4) is 16.7 Å². The van der Waals surface area contributed by atoms with Crippen LogP contribution in [-0.4, -0.2) is 22.1 Å². The summed E-state index contributed by atoms with van der Waals surface area (Å²) in [5, 5.41) is 1.05. The minimum absolute atomic E-state index is 0.115. The van der Waals surface area contributed by atoms with Gasteiger partial charge in [-0.2, -0.15) is 18.2 Å². The monoisotopic (exact) mass is 275 g/mol. The lowest BCUT2D eigenvalue weighted by Gasteiger charge is -2.02. The smallest absolute Gasteiger partial charge is 0.434 e. The van der Waals surface area contributed by atoms with Crippen LogP contribution in [0, 0.1) is 6.92 Å². The van der Waals surface area contributed by atoms with Crippen molar-refractivity contribution in [3.05, 3.63) is 22.8 Å². The fourth-order valence-electron chi connectivity index (χ4n) is 1.25. The van der Waals surface area contributed by atoms with Crippen LogP contribution in [-0.2, 0) is 6.18 Å². The van der Waals surface area contributed by atoms with Gasteiger partial charge in [0.15, 0.2) is 16.5 Å². The number of ether oxygens (including phenoxy) is 1. The van der Waals surface area contributed by atoms with Gasteiger partial charge in [0.05, 0.1) is 7.11 Å². The van der Waals surface area contributed by atoms with Crippen molar-refractivity contribution in [2.75, 3.05) is 7.11 Å². The van der Waals surface area contributed by atoms with Crippen LogP contribution >= 0.6 is 11.3 Å². The number of hydrogen-bond donors (Lipinski definition) is 0. The van der Waals surface area contributed by atoms with E-state index in [0.717, 1.165) is 16.7 Å². The van der Waals surface area contributed by atoms with Crippen molar-refractivity contribution in [1.82, 2.24) is 15.0 Å². The molecule has 0 aliphatic rings. The molecule has 2 aromatic rings. The van der Waals surface area contributed by atoms with Gasteiger partial charge >= 0.3 is 6.18 Å². The Balaban J connectivity index is 2.43. The zero-order valence-corrected chi connectivity index (χ0v) is 10.3. The second kappa shape index (κ2) is 4.52. The topological polar surface area (TPSA) is 47.9 Å². The molecule has 2 aromatic heterocycles. The van der Waals surface area contributed by atoms with Gasteiger partial charge in [-0.05, 0) is 6.92 Å². The Morgan fingerprint density at radius 3 is 2.50 bits per heavy atom. The summed E-state index contributed by atoms with van der Waals surface area (Å²) < 4.78 is 42.2. The van der Waals surface area contributed by atoms with Gasteiger partial charge in [-0.15, -0.1) is 11.3 Å². The van der Waals surface area contributed by atoms with Crippen LogP contribution in [0.15, 0.2) is 11.4 Å². The maximum atomic E-state index is 12.4. The van der Waals surface area contributed by atoms with E-state index in [1.165, 1.54) is 7.11 Å². The molecule has 0 spiro atoms. The molecule has 2 heterocycles. The molecule has 96 valence electrons. The average Bonchev–Trinajstić information content (AvgIpc) is 2.77. The van der Waals surface area contributed by atoms with Gasteiger partial charge in [0, 0.05) is 17.1 Å². The molecule has 0 aromatic carbocycles. The number of alkyl halides is 3. The summed E-state index contributed by atoms with van der Waals surface area (Å²) >= 11 is 0.846. The maximum Gasteiger partial charge on any atom is 0.434 e. The van der Waals surface area contributed by atoms with E-state index in [-0.39, 0.29) is 10.8 Å². The standard InChI is InChI=1S/C10H8F3N3OS/c1-5-3-7(17-2)16-8(14-5)9-15-6(4-18-9)10(11,12)13/h3-4H,1-2H3. The number of hydrogen-bond acceptors (Lipinski definition) is 5. The van der Waals surface area contributed by atoms with Crippen LogP contribution < -0.4 is 4.74 Å². The molecule has 0 amide bonds. The molecule has 4 nitrogen and oxygen atoms in total. The van der Waals surface area contributed by atoms with Gasteiger partial charge in [0.1, 0.15) is 0 Å². The van der Waals surface area contributed by atoms with Crippen molar-refractivity contribution in [3.63, 3.8) is 0 Å². The molecule has 0 atom stereocenters. The Kier molecular flexibility index (Phi) is 3.20. The Bertz CT molecular complexity index is 568. The van der Waals surface area contributed by atoms with Crippen molar-refractivity contribution in [2.24, 2.45) is 0 Å². The van der Waals surface area contributed by atoms with Gasteiger partial charge in [0.25, 0.3) is 0 Å². The Hall–Kier alpha value is -1.70. The molecular formula is C10H8F3N3OS. The zero-order valence-electron chi connectivity index (χ0n) is 9.45. The average molecular weight is 275 g/mol. The van der Waals surface area contributed by atoms with E-state index in [1.807, 2.05) is 0 Å². The lowest BCUT2D eigenvalue weighted by Crippen LogP contribution is -2.05. The lowest BCUT2D eigenvalue weighted by atomic mass is 10.4. The number of nitrogens with zero attached hydrogens (tertiary/aromatic N) is 3. The van der Waals surface area contributed by atoms with Crippen molar-refractivity contribution >= 4 is 11.3 Å². The molecule has 2 rings (SSSR count). The highest BCUT2D eigenvalue weighted by molar-refractivity contribution is 7.13. The summed E-state index contributed by atoms with van der Waals surface area (Å²) in [6.07, 6.45) is -4.46. The third kappa shape index (κ3) is 2.58. The Morgan fingerprint density at radius 1 is 1.22 bits per heavy atom. The van der Waals surface area contributed by atoms with Gasteiger partial charge in [-0.1, -0.05) is 0 Å². The van der Waals surface area contributed by atoms with Gasteiger partial charge in [-0.25, -0.2) is 9.97 Å². The van der Waals surface area contributed by atoms with Gasteiger partial charge in [0.2, 0.25) is 5.88 Å². The van der Waals surface area contributed by atoms with Crippen molar-refractivity contribution in [2.45, 2.75) is 13.1 Å². The predicted octanol–water partition coefficient (Wildman–Crippen LogP) is 2.94. The SMILES string of the molecule is COc1cc(C)nc(-c2nc(C(F)(F)F)cs2)n1. The Labute approximate surface area is 104 Å². The molecule has 8 heteroatoms. The van der Waals surface area contributed by atoms with Crippen molar-refractivity contribution in [1.29, 1.82) is 0 Å². The van der Waals surface area contributed by atoms with E-state index in [9.17, 15) is 13.2 Å². The summed E-state index contributed by atoms with van der Waals surface area (Å²) in [5.41, 5.74) is -0.341. The number of aromatic nitrogens is 3. The lowest BCUT2D eigenvalue weighted by molar-refractivity contribution is -0.140. The molecule has 0 saturated carbocycles. The maximum absolute atomic E-state index is 12.4. The van der Waals surface area contributed by atoms with E-state index >= 15 is 0 Å². The van der Waals surface area contributed by atoms with Gasteiger partial charge in [-0.3, -0.25) is 0 Å². The first kappa shape index (κ1) is 12.7. The second-order valence-electron chi connectivity index (χ2n) is 3.41. The Morgan fingerprint density at radius 2 is 1.94 bits per heavy atom. The summed E-state index contributed by atoms with van der Waals surface area (Å²) in [6, 6.07) is 1.59. The minimum Gasteiger partial charge on any atom is -0.481 e. The van der Waals surface area contributed by atoms with Crippen LogP contribution in [0.3, 0.4) is 0 Å². The van der Waals surface area contributed by atoms with Crippen LogP contribution in [0.2, 0.25) is 0 Å². The first-order chi connectivity index (χ1) is 8.40.